The summed E-state index contributed by atoms with van der Waals surface area (Å²) in [6, 6.07) is 17.1. The molecule has 0 bridgehead atoms. The maximum atomic E-state index is 12.7. The van der Waals surface area contributed by atoms with E-state index in [0.717, 1.165) is 62.4 Å². The summed E-state index contributed by atoms with van der Waals surface area (Å²) in [4.78, 5) is 14.8. The number of hydrogen-bond donors (Lipinski definition) is 0. The van der Waals surface area contributed by atoms with E-state index in [0.29, 0.717) is 6.42 Å². The van der Waals surface area contributed by atoms with Crippen LogP contribution in [0.5, 0.6) is 11.5 Å². The van der Waals surface area contributed by atoms with Gasteiger partial charge in [0.1, 0.15) is 0 Å². The number of hydrogen-bond acceptors (Lipinski definition) is 3. The fourth-order valence-corrected chi connectivity index (χ4v) is 5.21. The Balaban J connectivity index is 1.43. The molecule has 3 aromatic rings. The molecule has 0 atom stereocenters. The lowest BCUT2D eigenvalue weighted by atomic mass is 9.90. The van der Waals surface area contributed by atoms with Crippen LogP contribution in [-0.2, 0) is 24.1 Å². The lowest BCUT2D eigenvalue weighted by Gasteiger charge is -2.21. The van der Waals surface area contributed by atoms with Crippen molar-refractivity contribution in [2.75, 3.05) is 19.9 Å². The molecule has 1 amide bonds. The first-order chi connectivity index (χ1) is 15.3. The third-order valence-corrected chi connectivity index (χ3v) is 6.76. The molecule has 3 aliphatic rings. The molecule has 2 aromatic carbocycles. The van der Waals surface area contributed by atoms with Crippen LogP contribution in [0.1, 0.15) is 36.1 Å². The van der Waals surface area contributed by atoms with Gasteiger partial charge in [-0.05, 0) is 61.4 Å². The van der Waals surface area contributed by atoms with E-state index in [9.17, 15) is 4.79 Å². The van der Waals surface area contributed by atoms with Crippen LogP contribution in [0.3, 0.4) is 0 Å². The van der Waals surface area contributed by atoms with Crippen molar-refractivity contribution in [2.45, 2.75) is 38.5 Å². The molecule has 1 aliphatic carbocycles. The molecule has 1 saturated heterocycles. The van der Waals surface area contributed by atoms with Gasteiger partial charge in [-0.25, -0.2) is 0 Å². The van der Waals surface area contributed by atoms with Gasteiger partial charge in [0, 0.05) is 42.5 Å². The summed E-state index contributed by atoms with van der Waals surface area (Å²) in [6.07, 6.45) is 5.63. The quantitative estimate of drug-likeness (QED) is 0.630. The molecule has 31 heavy (non-hydrogen) atoms. The molecule has 1 fully saturated rings. The molecule has 1 aromatic heterocycles. The number of likely N-dealkylation sites (tertiary alicyclic amines) is 1. The monoisotopic (exact) mass is 414 g/mol. The van der Waals surface area contributed by atoms with Gasteiger partial charge in [-0.15, -0.1) is 0 Å². The number of rotatable bonds is 4. The molecule has 0 spiro atoms. The number of amides is 1. The number of ether oxygens (including phenoxy) is 2. The second kappa shape index (κ2) is 7.49. The van der Waals surface area contributed by atoms with Crippen LogP contribution in [0.15, 0.2) is 48.5 Å². The summed E-state index contributed by atoms with van der Waals surface area (Å²) in [6.45, 7) is 2.08. The Kier molecular flexibility index (Phi) is 4.48. The lowest BCUT2D eigenvalue weighted by Crippen LogP contribution is -2.27. The molecule has 0 N–H and O–H groups in total. The predicted octanol–water partition coefficient (Wildman–Crippen LogP) is 4.53. The van der Waals surface area contributed by atoms with E-state index in [1.807, 2.05) is 11.0 Å². The van der Waals surface area contributed by atoms with Crippen molar-refractivity contribution < 1.29 is 14.3 Å². The van der Waals surface area contributed by atoms with Crippen molar-refractivity contribution in [3.05, 3.63) is 65.4 Å². The van der Waals surface area contributed by atoms with E-state index in [4.69, 9.17) is 9.47 Å². The van der Waals surface area contributed by atoms with Gasteiger partial charge < -0.3 is 18.9 Å². The van der Waals surface area contributed by atoms with E-state index in [2.05, 4.69) is 47.0 Å². The maximum absolute atomic E-state index is 12.7. The smallest absolute Gasteiger partial charge is 0.231 e. The third-order valence-electron chi connectivity index (χ3n) is 6.76. The summed E-state index contributed by atoms with van der Waals surface area (Å²) < 4.78 is 13.5. The van der Waals surface area contributed by atoms with Crippen molar-refractivity contribution in [1.29, 1.82) is 0 Å². The highest BCUT2D eigenvalue weighted by molar-refractivity contribution is 5.77. The van der Waals surface area contributed by atoms with Crippen LogP contribution < -0.4 is 9.47 Å². The maximum Gasteiger partial charge on any atom is 0.231 e. The summed E-state index contributed by atoms with van der Waals surface area (Å²) in [5.74, 6) is 1.84. The van der Waals surface area contributed by atoms with Crippen LogP contribution in [-0.4, -0.2) is 35.3 Å². The third kappa shape index (κ3) is 3.19. The normalized spacial score (nSPS) is 16.3. The van der Waals surface area contributed by atoms with Crippen molar-refractivity contribution in [1.82, 2.24) is 9.47 Å². The van der Waals surface area contributed by atoms with Crippen molar-refractivity contribution in [3.8, 4) is 28.4 Å². The lowest BCUT2D eigenvalue weighted by molar-refractivity contribution is -0.130. The van der Waals surface area contributed by atoms with Gasteiger partial charge in [0.15, 0.2) is 11.5 Å². The Morgan fingerprint density at radius 3 is 2.61 bits per heavy atom. The molecule has 0 saturated carbocycles. The first-order valence-electron chi connectivity index (χ1n) is 11.3. The second-order valence-corrected chi connectivity index (χ2v) is 8.63. The average molecular weight is 415 g/mol. The van der Waals surface area contributed by atoms with Crippen molar-refractivity contribution in [3.63, 3.8) is 0 Å². The highest BCUT2D eigenvalue weighted by Gasteiger charge is 2.26. The molecular weight excluding hydrogens is 388 g/mol. The average Bonchev–Trinajstić information content (AvgIpc) is 3.56. The standard InChI is InChI=1S/C26H26N2O3/c29-25(27-13-3-4-14-27)12-10-20-15-19-8-7-18-5-1-2-6-22(18)26(19)28(20)21-9-11-23-24(16-21)31-17-30-23/h1-2,5-6,9,11,15-16H,3-4,7-8,10,12-14,17H2. The Morgan fingerprint density at radius 2 is 1.71 bits per heavy atom. The van der Waals surface area contributed by atoms with Gasteiger partial charge in [-0.1, -0.05) is 24.3 Å². The van der Waals surface area contributed by atoms with E-state index in [1.165, 1.54) is 28.1 Å². The highest BCUT2D eigenvalue weighted by atomic mass is 16.7. The Hall–Kier alpha value is -3.21. The zero-order valence-corrected chi connectivity index (χ0v) is 17.6. The second-order valence-electron chi connectivity index (χ2n) is 8.63. The summed E-state index contributed by atoms with van der Waals surface area (Å²) in [5.41, 5.74) is 7.54. The Morgan fingerprint density at radius 1 is 0.903 bits per heavy atom. The van der Waals surface area contributed by atoms with E-state index < -0.39 is 0 Å². The first-order valence-corrected chi connectivity index (χ1v) is 11.3. The zero-order valence-electron chi connectivity index (χ0n) is 17.6. The summed E-state index contributed by atoms with van der Waals surface area (Å²) in [5, 5.41) is 0. The molecule has 5 heteroatoms. The Bertz CT molecular complexity index is 1160. The fourth-order valence-electron chi connectivity index (χ4n) is 5.21. The fraction of sp³-hybridized carbons (Fsp3) is 0.346. The number of benzene rings is 2. The number of aryl methyl sites for hydroxylation is 3. The topological polar surface area (TPSA) is 43.7 Å². The Labute approximate surface area is 182 Å². The van der Waals surface area contributed by atoms with Gasteiger partial charge >= 0.3 is 0 Å². The van der Waals surface area contributed by atoms with E-state index in [1.54, 1.807) is 0 Å². The minimum atomic E-state index is 0.266. The number of aromatic nitrogens is 1. The highest BCUT2D eigenvalue weighted by Crippen LogP contribution is 2.40. The van der Waals surface area contributed by atoms with Crippen LogP contribution in [0, 0.1) is 0 Å². The molecular formula is C26H26N2O3. The summed E-state index contributed by atoms with van der Waals surface area (Å²) >= 11 is 0. The predicted molar refractivity (Wildman–Crippen MR) is 119 cm³/mol. The number of carbonyl (C=O) groups is 1. The van der Waals surface area contributed by atoms with Gasteiger partial charge in [-0.2, -0.15) is 0 Å². The molecule has 2 aliphatic heterocycles. The van der Waals surface area contributed by atoms with E-state index >= 15 is 0 Å². The van der Waals surface area contributed by atoms with Crippen LogP contribution in [0.4, 0.5) is 0 Å². The minimum absolute atomic E-state index is 0.266. The van der Waals surface area contributed by atoms with Crippen molar-refractivity contribution in [2.24, 2.45) is 0 Å². The number of carbonyl (C=O) groups excluding carboxylic acids is 1. The summed E-state index contributed by atoms with van der Waals surface area (Å²) in [7, 11) is 0. The first kappa shape index (κ1) is 18.6. The minimum Gasteiger partial charge on any atom is -0.454 e. The molecule has 0 radical (unpaired) electrons. The number of fused-ring (bicyclic) bond motifs is 4. The van der Waals surface area contributed by atoms with Crippen molar-refractivity contribution >= 4 is 5.91 Å². The molecule has 3 heterocycles. The van der Waals surface area contributed by atoms with Gasteiger partial charge in [0.05, 0.1) is 5.69 Å². The largest absolute Gasteiger partial charge is 0.454 e. The molecule has 158 valence electrons. The van der Waals surface area contributed by atoms with Gasteiger partial charge in [0.2, 0.25) is 12.7 Å². The molecule has 0 unspecified atom stereocenters. The van der Waals surface area contributed by atoms with Gasteiger partial charge in [-0.3, -0.25) is 4.79 Å². The van der Waals surface area contributed by atoms with Crippen LogP contribution >= 0.6 is 0 Å². The molecule has 5 nitrogen and oxygen atoms in total. The SMILES string of the molecule is O=C(CCc1cc2c(n1-c1ccc3c(c1)OCO3)-c1ccccc1CC2)N1CCCC1. The zero-order chi connectivity index (χ0) is 20.8. The number of nitrogens with zero attached hydrogens (tertiary/aromatic N) is 2. The van der Waals surface area contributed by atoms with E-state index in [-0.39, 0.29) is 12.7 Å². The molecule has 6 rings (SSSR count). The van der Waals surface area contributed by atoms with Crippen LogP contribution in [0.2, 0.25) is 0 Å². The van der Waals surface area contributed by atoms with Gasteiger partial charge in [0.25, 0.3) is 0 Å². The van der Waals surface area contributed by atoms with Crippen LogP contribution in [0.25, 0.3) is 16.9 Å².